The molecule has 0 atom stereocenters. The number of benzene rings is 2. The number of ether oxygens (including phenoxy) is 2. The number of methoxy groups -OCH3 is 1. The minimum atomic E-state index is -0.278. The van der Waals surface area contributed by atoms with Crippen LogP contribution in [-0.4, -0.2) is 29.4 Å². The number of hydrogen-bond acceptors (Lipinski definition) is 4. The largest absolute Gasteiger partial charge is 0.493 e. The number of carbonyl (C=O) groups excluding carboxylic acids is 1. The predicted molar refractivity (Wildman–Crippen MR) is 105 cm³/mol. The maximum atomic E-state index is 12.7. The summed E-state index contributed by atoms with van der Waals surface area (Å²) in [4.78, 5) is 12.7. The van der Waals surface area contributed by atoms with Crippen LogP contribution in [0.3, 0.4) is 0 Å². The lowest BCUT2D eigenvalue weighted by Gasteiger charge is -2.12. The van der Waals surface area contributed by atoms with E-state index < -0.39 is 0 Å². The molecule has 2 aromatic carbocycles. The van der Waals surface area contributed by atoms with Gasteiger partial charge in [-0.25, -0.2) is 4.68 Å². The first-order chi connectivity index (χ1) is 13.0. The van der Waals surface area contributed by atoms with Crippen molar-refractivity contribution in [3.05, 3.63) is 64.8 Å². The van der Waals surface area contributed by atoms with E-state index in [4.69, 9.17) is 21.1 Å². The first kappa shape index (κ1) is 18.8. The first-order valence-electron chi connectivity index (χ1n) is 8.46. The second kappa shape index (κ2) is 8.14. The van der Waals surface area contributed by atoms with Gasteiger partial charge in [0.2, 0.25) is 0 Å². The fraction of sp³-hybridized carbons (Fsp3) is 0.200. The van der Waals surface area contributed by atoms with Gasteiger partial charge in [0.25, 0.3) is 5.91 Å². The summed E-state index contributed by atoms with van der Waals surface area (Å²) in [5.74, 6) is 1.37. The normalized spacial score (nSPS) is 10.5. The Kier molecular flexibility index (Phi) is 5.66. The lowest BCUT2D eigenvalue weighted by Crippen LogP contribution is -2.15. The van der Waals surface area contributed by atoms with E-state index in [9.17, 15) is 4.79 Å². The van der Waals surface area contributed by atoms with E-state index in [0.29, 0.717) is 34.5 Å². The summed E-state index contributed by atoms with van der Waals surface area (Å²) in [5, 5.41) is 7.92. The van der Waals surface area contributed by atoms with Gasteiger partial charge in [-0.05, 0) is 50.2 Å². The zero-order chi connectivity index (χ0) is 19.4. The summed E-state index contributed by atoms with van der Waals surface area (Å²) in [6.07, 6.45) is 0. The Hall–Kier alpha value is -2.99. The van der Waals surface area contributed by atoms with Gasteiger partial charge < -0.3 is 14.8 Å². The minimum absolute atomic E-state index is 0.278. The molecule has 0 bridgehead atoms. The molecule has 1 aromatic heterocycles. The molecular formula is C20H20ClN3O3. The molecule has 140 valence electrons. The summed E-state index contributed by atoms with van der Waals surface area (Å²) < 4.78 is 12.4. The van der Waals surface area contributed by atoms with Gasteiger partial charge in [0, 0.05) is 16.7 Å². The van der Waals surface area contributed by atoms with Crippen LogP contribution in [0.2, 0.25) is 5.02 Å². The fourth-order valence-electron chi connectivity index (χ4n) is 2.67. The van der Waals surface area contributed by atoms with E-state index in [1.165, 1.54) is 7.11 Å². The zero-order valence-electron chi connectivity index (χ0n) is 15.3. The molecule has 1 heterocycles. The quantitative estimate of drug-likeness (QED) is 0.678. The van der Waals surface area contributed by atoms with E-state index >= 15 is 0 Å². The van der Waals surface area contributed by atoms with Crippen LogP contribution in [-0.2, 0) is 0 Å². The van der Waals surface area contributed by atoms with Crippen molar-refractivity contribution in [1.29, 1.82) is 0 Å². The molecule has 0 unspecified atom stereocenters. The van der Waals surface area contributed by atoms with Crippen molar-refractivity contribution < 1.29 is 14.3 Å². The standard InChI is InChI=1S/C20H20ClN3O3/c1-4-27-17-9-8-14(11-18(17)26-3)20(25)22-19-10-13(2)23-24(19)16-7-5-6-15(21)12-16/h5-12H,4H2,1-3H3,(H,22,25). The Morgan fingerprint density at radius 3 is 2.70 bits per heavy atom. The summed E-state index contributed by atoms with van der Waals surface area (Å²) in [6.45, 7) is 4.26. The smallest absolute Gasteiger partial charge is 0.256 e. The summed E-state index contributed by atoms with van der Waals surface area (Å²) in [7, 11) is 1.54. The van der Waals surface area contributed by atoms with Crippen LogP contribution in [0.15, 0.2) is 48.5 Å². The highest BCUT2D eigenvalue weighted by molar-refractivity contribution is 6.30. The van der Waals surface area contributed by atoms with Gasteiger partial charge in [0.1, 0.15) is 5.82 Å². The van der Waals surface area contributed by atoms with Crippen LogP contribution in [0.25, 0.3) is 5.69 Å². The average molecular weight is 386 g/mol. The predicted octanol–water partition coefficient (Wildman–Crippen LogP) is 4.49. The number of anilines is 1. The highest BCUT2D eigenvalue weighted by Gasteiger charge is 2.15. The van der Waals surface area contributed by atoms with Crippen molar-refractivity contribution in [2.75, 3.05) is 19.0 Å². The topological polar surface area (TPSA) is 65.4 Å². The molecule has 0 fully saturated rings. The summed E-state index contributed by atoms with van der Waals surface area (Å²) in [5.41, 5.74) is 1.98. The molecule has 3 aromatic rings. The minimum Gasteiger partial charge on any atom is -0.493 e. The summed E-state index contributed by atoms with van der Waals surface area (Å²) in [6, 6.07) is 14.1. The molecule has 1 N–H and O–H groups in total. The molecular weight excluding hydrogens is 366 g/mol. The Morgan fingerprint density at radius 1 is 1.19 bits per heavy atom. The van der Waals surface area contributed by atoms with Gasteiger partial charge in [-0.3, -0.25) is 4.79 Å². The van der Waals surface area contributed by atoms with E-state index in [1.54, 1.807) is 41.1 Å². The molecule has 0 aliphatic carbocycles. The number of nitrogens with zero attached hydrogens (tertiary/aromatic N) is 2. The molecule has 0 spiro atoms. The van der Waals surface area contributed by atoms with Crippen LogP contribution < -0.4 is 14.8 Å². The van der Waals surface area contributed by atoms with Gasteiger partial charge in [0.05, 0.1) is 25.1 Å². The third-order valence-corrected chi connectivity index (χ3v) is 4.09. The molecule has 0 saturated carbocycles. The summed E-state index contributed by atoms with van der Waals surface area (Å²) >= 11 is 6.08. The van der Waals surface area contributed by atoms with E-state index in [2.05, 4.69) is 10.4 Å². The molecule has 0 aliphatic rings. The Labute approximate surface area is 162 Å². The van der Waals surface area contributed by atoms with Crippen LogP contribution in [0, 0.1) is 6.92 Å². The van der Waals surface area contributed by atoms with Crippen LogP contribution in [0.1, 0.15) is 23.0 Å². The van der Waals surface area contributed by atoms with Crippen LogP contribution >= 0.6 is 11.6 Å². The molecule has 0 aliphatic heterocycles. The third kappa shape index (κ3) is 4.23. The molecule has 1 amide bonds. The Morgan fingerprint density at radius 2 is 2.00 bits per heavy atom. The number of rotatable bonds is 6. The van der Waals surface area contributed by atoms with Crippen LogP contribution in [0.5, 0.6) is 11.5 Å². The number of hydrogen-bond donors (Lipinski definition) is 1. The van der Waals surface area contributed by atoms with Gasteiger partial charge in [-0.15, -0.1) is 0 Å². The number of carbonyl (C=O) groups is 1. The number of nitrogens with one attached hydrogen (secondary N) is 1. The first-order valence-corrected chi connectivity index (χ1v) is 8.84. The lowest BCUT2D eigenvalue weighted by molar-refractivity contribution is 0.102. The van der Waals surface area contributed by atoms with Crippen molar-refractivity contribution in [3.63, 3.8) is 0 Å². The highest BCUT2D eigenvalue weighted by Crippen LogP contribution is 2.28. The van der Waals surface area contributed by atoms with Gasteiger partial charge >= 0.3 is 0 Å². The molecule has 0 saturated heterocycles. The van der Waals surface area contributed by atoms with E-state index in [0.717, 1.165) is 11.4 Å². The number of halogens is 1. The number of amides is 1. The number of aromatic nitrogens is 2. The zero-order valence-corrected chi connectivity index (χ0v) is 16.1. The van der Waals surface area contributed by atoms with Crippen molar-refractivity contribution >= 4 is 23.3 Å². The lowest BCUT2D eigenvalue weighted by atomic mass is 10.2. The second-order valence-electron chi connectivity index (χ2n) is 5.82. The van der Waals surface area contributed by atoms with Crippen molar-refractivity contribution in [2.24, 2.45) is 0 Å². The van der Waals surface area contributed by atoms with E-state index in [1.807, 2.05) is 26.0 Å². The van der Waals surface area contributed by atoms with E-state index in [-0.39, 0.29) is 5.91 Å². The third-order valence-electron chi connectivity index (χ3n) is 3.85. The molecule has 0 radical (unpaired) electrons. The molecule has 7 heteroatoms. The van der Waals surface area contributed by atoms with Gasteiger partial charge in [0.15, 0.2) is 11.5 Å². The average Bonchev–Trinajstić information content (AvgIpc) is 3.02. The fourth-order valence-corrected chi connectivity index (χ4v) is 2.85. The van der Waals surface area contributed by atoms with Crippen LogP contribution in [0.4, 0.5) is 5.82 Å². The monoisotopic (exact) mass is 385 g/mol. The SMILES string of the molecule is CCOc1ccc(C(=O)Nc2cc(C)nn2-c2cccc(Cl)c2)cc1OC. The van der Waals surface area contributed by atoms with Gasteiger partial charge in [-0.1, -0.05) is 17.7 Å². The van der Waals surface area contributed by atoms with Crippen molar-refractivity contribution in [2.45, 2.75) is 13.8 Å². The number of aryl methyl sites for hydroxylation is 1. The maximum Gasteiger partial charge on any atom is 0.256 e. The maximum absolute atomic E-state index is 12.7. The molecule has 27 heavy (non-hydrogen) atoms. The van der Waals surface area contributed by atoms with Crippen molar-refractivity contribution in [1.82, 2.24) is 9.78 Å². The second-order valence-corrected chi connectivity index (χ2v) is 6.25. The molecule has 6 nitrogen and oxygen atoms in total. The Bertz CT molecular complexity index is 969. The van der Waals surface area contributed by atoms with Crippen molar-refractivity contribution in [3.8, 4) is 17.2 Å². The molecule has 3 rings (SSSR count). The Balaban J connectivity index is 1.89. The highest BCUT2D eigenvalue weighted by atomic mass is 35.5. The van der Waals surface area contributed by atoms with Gasteiger partial charge in [-0.2, -0.15) is 5.10 Å².